The normalized spacial score (nSPS) is 10.5. The van der Waals surface area contributed by atoms with Gasteiger partial charge in [0.2, 0.25) is 0 Å². The summed E-state index contributed by atoms with van der Waals surface area (Å²) in [6, 6.07) is 9.30. The molecule has 0 unspecified atom stereocenters. The molecule has 0 aliphatic carbocycles. The lowest BCUT2D eigenvalue weighted by Crippen LogP contribution is -2.06. The Balaban J connectivity index is 1.88. The van der Waals surface area contributed by atoms with Gasteiger partial charge in [-0.3, -0.25) is 0 Å². The van der Waals surface area contributed by atoms with Crippen LogP contribution < -0.4 is 16.4 Å². The van der Waals surface area contributed by atoms with Gasteiger partial charge in [-0.25, -0.2) is 15.0 Å². The van der Waals surface area contributed by atoms with Gasteiger partial charge in [0, 0.05) is 21.4 Å². The first-order valence-corrected chi connectivity index (χ1v) is 8.23. The van der Waals surface area contributed by atoms with Crippen LogP contribution in [-0.2, 0) is 0 Å². The van der Waals surface area contributed by atoms with Crippen LogP contribution in [0.1, 0.15) is 5.56 Å². The number of benzene rings is 1. The quantitative estimate of drug-likeness (QED) is 0.585. The molecule has 6 nitrogen and oxygen atoms in total. The molecule has 0 fully saturated rings. The Bertz CT molecular complexity index is 869. The molecule has 0 amide bonds. The summed E-state index contributed by atoms with van der Waals surface area (Å²) in [5.74, 6) is 1.60. The number of hydrogen-bond donors (Lipinski definition) is 3. The maximum Gasteiger partial charge on any atom is 0.160 e. The molecule has 3 rings (SSSR count). The van der Waals surface area contributed by atoms with E-state index in [-0.39, 0.29) is 0 Å². The van der Waals surface area contributed by atoms with Crippen molar-refractivity contribution in [2.45, 2.75) is 6.92 Å². The zero-order chi connectivity index (χ0) is 17.1. The lowest BCUT2D eigenvalue weighted by atomic mass is 10.2. The van der Waals surface area contributed by atoms with Gasteiger partial charge < -0.3 is 16.4 Å². The number of halogens is 2. The molecule has 0 radical (unpaired) electrons. The van der Waals surface area contributed by atoms with Crippen LogP contribution in [0.3, 0.4) is 0 Å². The average Bonchev–Trinajstić information content (AvgIpc) is 2.57. The fraction of sp³-hybridized carbons (Fsp3) is 0.0625. The highest BCUT2D eigenvalue weighted by molar-refractivity contribution is 9.10. The second-order valence-corrected chi connectivity index (χ2v) is 6.33. The molecule has 0 saturated heterocycles. The highest BCUT2D eigenvalue weighted by Crippen LogP contribution is 2.30. The van der Waals surface area contributed by atoms with E-state index in [0.717, 1.165) is 15.7 Å². The van der Waals surface area contributed by atoms with Crippen LogP contribution >= 0.6 is 27.5 Å². The summed E-state index contributed by atoms with van der Waals surface area (Å²) < 4.78 is 0.891. The molecule has 2 aromatic heterocycles. The third-order valence-electron chi connectivity index (χ3n) is 3.38. The number of nitrogen functional groups attached to an aromatic ring is 1. The molecule has 2 heterocycles. The van der Waals surface area contributed by atoms with E-state index in [4.69, 9.17) is 17.3 Å². The maximum atomic E-state index is 6.18. The molecule has 0 aliphatic heterocycles. The first kappa shape index (κ1) is 16.5. The summed E-state index contributed by atoms with van der Waals surface area (Å²) in [7, 11) is 0. The minimum absolute atomic E-state index is 0.390. The SMILES string of the molecule is Cc1c(Cl)cccc1Nc1ncnc(Nc2ccc(Br)cn2)c1N. The van der Waals surface area contributed by atoms with Gasteiger partial charge in [-0.05, 0) is 52.7 Å². The van der Waals surface area contributed by atoms with Gasteiger partial charge in [-0.15, -0.1) is 0 Å². The molecule has 0 atom stereocenters. The highest BCUT2D eigenvalue weighted by Gasteiger charge is 2.11. The Kier molecular flexibility index (Phi) is 4.82. The fourth-order valence-corrected chi connectivity index (χ4v) is 2.45. The van der Waals surface area contributed by atoms with E-state index >= 15 is 0 Å². The second-order valence-electron chi connectivity index (χ2n) is 5.01. The molecule has 24 heavy (non-hydrogen) atoms. The van der Waals surface area contributed by atoms with Crippen LogP contribution in [0.2, 0.25) is 5.02 Å². The number of hydrogen-bond acceptors (Lipinski definition) is 6. The predicted octanol–water partition coefficient (Wildman–Crippen LogP) is 4.67. The van der Waals surface area contributed by atoms with Gasteiger partial charge in [-0.2, -0.15) is 0 Å². The Morgan fingerprint density at radius 1 is 1.04 bits per heavy atom. The number of aromatic nitrogens is 3. The van der Waals surface area contributed by atoms with Crippen LogP contribution in [0.5, 0.6) is 0 Å². The van der Waals surface area contributed by atoms with E-state index in [1.165, 1.54) is 6.33 Å². The molecule has 4 N–H and O–H groups in total. The van der Waals surface area contributed by atoms with Crippen molar-refractivity contribution < 1.29 is 0 Å². The van der Waals surface area contributed by atoms with Gasteiger partial charge in [-0.1, -0.05) is 17.7 Å². The minimum atomic E-state index is 0.390. The first-order valence-electron chi connectivity index (χ1n) is 7.06. The number of nitrogens with one attached hydrogen (secondary N) is 2. The molecular formula is C16H14BrClN6. The van der Waals surface area contributed by atoms with E-state index in [1.54, 1.807) is 6.20 Å². The van der Waals surface area contributed by atoms with Gasteiger partial charge in [0.1, 0.15) is 17.8 Å². The van der Waals surface area contributed by atoms with E-state index < -0.39 is 0 Å². The van der Waals surface area contributed by atoms with Gasteiger partial charge >= 0.3 is 0 Å². The molecule has 0 aliphatic rings. The zero-order valence-electron chi connectivity index (χ0n) is 12.7. The van der Waals surface area contributed by atoms with Crippen LogP contribution in [0.4, 0.5) is 28.8 Å². The average molecular weight is 406 g/mol. The lowest BCUT2D eigenvalue weighted by Gasteiger charge is -2.14. The van der Waals surface area contributed by atoms with Gasteiger partial charge in [0.15, 0.2) is 11.6 Å². The maximum absolute atomic E-state index is 6.18. The van der Waals surface area contributed by atoms with Crippen molar-refractivity contribution >= 4 is 56.4 Å². The minimum Gasteiger partial charge on any atom is -0.393 e. The largest absolute Gasteiger partial charge is 0.393 e. The number of rotatable bonds is 4. The van der Waals surface area contributed by atoms with Crippen molar-refractivity contribution in [2.24, 2.45) is 0 Å². The Labute approximate surface area is 152 Å². The number of pyridine rings is 1. The molecule has 0 spiro atoms. The third kappa shape index (κ3) is 3.58. The van der Waals surface area contributed by atoms with Crippen molar-refractivity contribution in [1.29, 1.82) is 0 Å². The molecule has 0 bridgehead atoms. The van der Waals surface area contributed by atoms with E-state index in [9.17, 15) is 0 Å². The van der Waals surface area contributed by atoms with E-state index in [0.29, 0.717) is 28.2 Å². The van der Waals surface area contributed by atoms with Gasteiger partial charge in [0.05, 0.1) is 0 Å². The summed E-state index contributed by atoms with van der Waals surface area (Å²) in [5, 5.41) is 6.94. The lowest BCUT2D eigenvalue weighted by molar-refractivity contribution is 1.16. The van der Waals surface area contributed by atoms with Crippen LogP contribution in [0.25, 0.3) is 0 Å². The first-order chi connectivity index (χ1) is 11.5. The van der Waals surface area contributed by atoms with Crippen LogP contribution in [-0.4, -0.2) is 15.0 Å². The van der Waals surface area contributed by atoms with Crippen molar-refractivity contribution in [3.8, 4) is 0 Å². The molecule has 1 aromatic carbocycles. The summed E-state index contributed by atoms with van der Waals surface area (Å²) in [6.45, 7) is 1.92. The topological polar surface area (TPSA) is 88.8 Å². The summed E-state index contributed by atoms with van der Waals surface area (Å²) in [5.41, 5.74) is 8.32. The summed E-state index contributed by atoms with van der Waals surface area (Å²) in [4.78, 5) is 12.6. The Hall–Kier alpha value is -2.38. The van der Waals surface area contributed by atoms with E-state index in [1.807, 2.05) is 37.3 Å². The number of nitrogens with two attached hydrogens (primary N) is 1. The van der Waals surface area contributed by atoms with Crippen LogP contribution in [0.15, 0.2) is 47.3 Å². The fourth-order valence-electron chi connectivity index (χ4n) is 2.04. The zero-order valence-corrected chi connectivity index (χ0v) is 15.1. The van der Waals surface area contributed by atoms with Crippen LogP contribution in [0, 0.1) is 6.92 Å². The monoisotopic (exact) mass is 404 g/mol. The van der Waals surface area contributed by atoms with Crippen molar-refractivity contribution in [1.82, 2.24) is 15.0 Å². The predicted molar refractivity (Wildman–Crippen MR) is 101 cm³/mol. The standard InChI is InChI=1S/C16H14BrClN6/c1-9-11(18)3-2-4-12(9)23-15-14(19)16(22-8-21-15)24-13-6-5-10(17)7-20-13/h2-8H,19H2,1H3,(H2,20,21,22,23,24). The number of nitrogens with zero attached hydrogens (tertiary/aromatic N) is 3. The third-order valence-corrected chi connectivity index (χ3v) is 4.26. The number of anilines is 5. The smallest absolute Gasteiger partial charge is 0.160 e. The Morgan fingerprint density at radius 2 is 1.79 bits per heavy atom. The van der Waals surface area contributed by atoms with Crippen molar-refractivity contribution in [3.05, 3.63) is 57.9 Å². The molecular weight excluding hydrogens is 392 g/mol. The summed E-state index contributed by atoms with van der Waals surface area (Å²) in [6.07, 6.45) is 3.12. The Morgan fingerprint density at radius 3 is 2.50 bits per heavy atom. The van der Waals surface area contributed by atoms with Crippen molar-refractivity contribution in [3.63, 3.8) is 0 Å². The van der Waals surface area contributed by atoms with E-state index in [2.05, 4.69) is 41.5 Å². The molecule has 3 aromatic rings. The van der Waals surface area contributed by atoms with Gasteiger partial charge in [0.25, 0.3) is 0 Å². The highest BCUT2D eigenvalue weighted by atomic mass is 79.9. The molecule has 0 saturated carbocycles. The molecule has 8 heteroatoms. The molecule has 122 valence electrons. The summed E-state index contributed by atoms with van der Waals surface area (Å²) >= 11 is 9.49. The van der Waals surface area contributed by atoms with Crippen molar-refractivity contribution in [2.75, 3.05) is 16.4 Å². The second kappa shape index (κ2) is 7.02.